The minimum absolute atomic E-state index is 0.176. The van der Waals surface area contributed by atoms with E-state index >= 15 is 0 Å². The van der Waals surface area contributed by atoms with Crippen LogP contribution in [0.2, 0.25) is 0 Å². The van der Waals surface area contributed by atoms with Gasteiger partial charge in [-0.15, -0.1) is 0 Å². The number of azo groups is 1. The van der Waals surface area contributed by atoms with Gasteiger partial charge >= 0.3 is 0 Å². The fraction of sp³-hybridized carbons (Fsp3) is 1.00. The van der Waals surface area contributed by atoms with Crippen LogP contribution < -0.4 is 5.32 Å². The molecule has 0 amide bonds. The first-order valence-electron chi connectivity index (χ1n) is 3.33. The molecule has 0 aliphatic rings. The average molecular weight is 129 g/mol. The Labute approximate surface area is 56.6 Å². The molecule has 0 fully saturated rings. The molecule has 9 heavy (non-hydrogen) atoms. The van der Waals surface area contributed by atoms with E-state index in [2.05, 4.69) is 22.5 Å². The third kappa shape index (κ3) is 5.43. The van der Waals surface area contributed by atoms with Crippen LogP contribution in [0.4, 0.5) is 0 Å². The van der Waals surface area contributed by atoms with Crippen LogP contribution in [0.1, 0.15) is 20.3 Å². The number of hydrogen-bond acceptors (Lipinski definition) is 3. The van der Waals surface area contributed by atoms with Gasteiger partial charge in [0.1, 0.15) is 6.17 Å². The maximum atomic E-state index is 3.88. The first kappa shape index (κ1) is 8.56. The molecule has 0 heterocycles. The van der Waals surface area contributed by atoms with Gasteiger partial charge in [-0.3, -0.25) is 5.32 Å². The van der Waals surface area contributed by atoms with Crippen molar-refractivity contribution < 1.29 is 0 Å². The summed E-state index contributed by atoms with van der Waals surface area (Å²) in [4.78, 5) is 0. The van der Waals surface area contributed by atoms with Gasteiger partial charge < -0.3 is 0 Å². The van der Waals surface area contributed by atoms with E-state index in [-0.39, 0.29) is 6.17 Å². The first-order chi connectivity index (χ1) is 4.31. The Morgan fingerprint density at radius 2 is 2.22 bits per heavy atom. The fourth-order valence-electron chi connectivity index (χ4n) is 0.567. The lowest BCUT2D eigenvalue weighted by atomic mass is 10.4. The molecule has 0 saturated heterocycles. The average Bonchev–Trinajstić information content (AvgIpc) is 1.85. The summed E-state index contributed by atoms with van der Waals surface area (Å²) in [6.45, 7) is 5.13. The Balaban J connectivity index is 3.15. The molecule has 1 unspecified atom stereocenters. The zero-order valence-electron chi connectivity index (χ0n) is 6.39. The smallest absolute Gasteiger partial charge is 0.118 e. The Morgan fingerprint density at radius 3 is 2.67 bits per heavy atom. The van der Waals surface area contributed by atoms with Gasteiger partial charge in [0.25, 0.3) is 0 Å². The molecule has 0 radical (unpaired) electrons. The predicted molar refractivity (Wildman–Crippen MR) is 38.5 cm³/mol. The van der Waals surface area contributed by atoms with Crippen LogP contribution in [0, 0.1) is 0 Å². The molecule has 0 aliphatic carbocycles. The van der Waals surface area contributed by atoms with Gasteiger partial charge in [0.2, 0.25) is 0 Å². The third-order valence-corrected chi connectivity index (χ3v) is 0.978. The number of nitrogens with zero attached hydrogens (tertiary/aromatic N) is 2. The van der Waals surface area contributed by atoms with Crippen molar-refractivity contribution in [3.8, 4) is 0 Å². The van der Waals surface area contributed by atoms with Gasteiger partial charge in [-0.2, -0.15) is 10.2 Å². The van der Waals surface area contributed by atoms with Crippen molar-refractivity contribution in [2.24, 2.45) is 10.2 Å². The standard InChI is InChI=1S/C6H15N3/c1-4-5-8-6(2)9-7-3/h6,8H,4-5H2,1-3H3. The summed E-state index contributed by atoms with van der Waals surface area (Å²) >= 11 is 0. The van der Waals surface area contributed by atoms with Crippen molar-refractivity contribution in [3.63, 3.8) is 0 Å². The highest BCUT2D eigenvalue weighted by Gasteiger charge is 1.92. The molecule has 3 nitrogen and oxygen atoms in total. The van der Waals surface area contributed by atoms with Gasteiger partial charge in [-0.1, -0.05) is 6.92 Å². The Kier molecular flexibility index (Phi) is 5.41. The Bertz CT molecular complexity index is 80.4. The van der Waals surface area contributed by atoms with Crippen LogP contribution >= 0.6 is 0 Å². The monoisotopic (exact) mass is 129 g/mol. The zero-order valence-corrected chi connectivity index (χ0v) is 6.39. The van der Waals surface area contributed by atoms with Crippen molar-refractivity contribution >= 4 is 0 Å². The molecular formula is C6H15N3. The number of rotatable bonds is 4. The van der Waals surface area contributed by atoms with Crippen LogP contribution in [-0.4, -0.2) is 19.8 Å². The lowest BCUT2D eigenvalue weighted by Gasteiger charge is -2.04. The van der Waals surface area contributed by atoms with Crippen LogP contribution in [0.5, 0.6) is 0 Å². The summed E-state index contributed by atoms with van der Waals surface area (Å²) in [7, 11) is 1.68. The van der Waals surface area contributed by atoms with Crippen molar-refractivity contribution in [1.82, 2.24) is 5.32 Å². The van der Waals surface area contributed by atoms with E-state index < -0.39 is 0 Å². The van der Waals surface area contributed by atoms with Gasteiger partial charge in [0, 0.05) is 7.05 Å². The second kappa shape index (κ2) is 5.69. The first-order valence-corrected chi connectivity index (χ1v) is 3.33. The molecule has 0 aromatic rings. The molecule has 0 rings (SSSR count). The van der Waals surface area contributed by atoms with Gasteiger partial charge in [0.05, 0.1) is 0 Å². The highest BCUT2D eigenvalue weighted by atomic mass is 15.2. The summed E-state index contributed by atoms with van der Waals surface area (Å²) < 4.78 is 0. The molecule has 0 bridgehead atoms. The molecule has 0 aromatic heterocycles. The molecule has 54 valence electrons. The molecular weight excluding hydrogens is 114 g/mol. The topological polar surface area (TPSA) is 36.8 Å². The highest BCUT2D eigenvalue weighted by Crippen LogP contribution is 1.83. The molecule has 3 heteroatoms. The van der Waals surface area contributed by atoms with E-state index in [0.29, 0.717) is 0 Å². The minimum Gasteiger partial charge on any atom is -0.294 e. The second-order valence-electron chi connectivity index (χ2n) is 1.95. The summed E-state index contributed by atoms with van der Waals surface area (Å²) in [6, 6.07) is 0. The van der Waals surface area contributed by atoms with E-state index in [0.717, 1.165) is 13.0 Å². The van der Waals surface area contributed by atoms with Gasteiger partial charge in [-0.25, -0.2) is 0 Å². The van der Waals surface area contributed by atoms with Crippen molar-refractivity contribution in [3.05, 3.63) is 0 Å². The van der Waals surface area contributed by atoms with Crippen molar-refractivity contribution in [2.75, 3.05) is 13.6 Å². The number of hydrogen-bond donors (Lipinski definition) is 1. The Morgan fingerprint density at radius 1 is 1.56 bits per heavy atom. The normalized spacial score (nSPS) is 14.6. The molecule has 0 aromatic carbocycles. The van der Waals surface area contributed by atoms with Gasteiger partial charge in [0.15, 0.2) is 0 Å². The van der Waals surface area contributed by atoms with Crippen LogP contribution in [0.3, 0.4) is 0 Å². The molecule has 1 N–H and O–H groups in total. The quantitative estimate of drug-likeness (QED) is 0.572. The predicted octanol–water partition coefficient (Wildman–Crippen LogP) is 1.41. The largest absolute Gasteiger partial charge is 0.294 e. The molecule has 0 aliphatic heterocycles. The number of nitrogens with one attached hydrogen (secondary N) is 1. The summed E-state index contributed by atoms with van der Waals surface area (Å²) in [5.41, 5.74) is 0. The zero-order chi connectivity index (χ0) is 7.11. The van der Waals surface area contributed by atoms with Crippen LogP contribution in [0.25, 0.3) is 0 Å². The second-order valence-corrected chi connectivity index (χ2v) is 1.95. The van der Waals surface area contributed by atoms with E-state index in [4.69, 9.17) is 0 Å². The van der Waals surface area contributed by atoms with E-state index in [1.54, 1.807) is 7.05 Å². The van der Waals surface area contributed by atoms with E-state index in [9.17, 15) is 0 Å². The molecule has 1 atom stereocenters. The van der Waals surface area contributed by atoms with Crippen LogP contribution in [-0.2, 0) is 0 Å². The maximum absolute atomic E-state index is 3.88. The van der Waals surface area contributed by atoms with E-state index in [1.165, 1.54) is 0 Å². The SMILES string of the molecule is CCCNC(C)N=NC. The summed E-state index contributed by atoms with van der Waals surface area (Å²) in [5, 5.41) is 10.7. The van der Waals surface area contributed by atoms with Crippen molar-refractivity contribution in [2.45, 2.75) is 26.4 Å². The highest BCUT2D eigenvalue weighted by molar-refractivity contribution is 4.51. The summed E-state index contributed by atoms with van der Waals surface area (Å²) in [5.74, 6) is 0. The summed E-state index contributed by atoms with van der Waals surface area (Å²) in [6.07, 6.45) is 1.32. The van der Waals surface area contributed by atoms with Crippen molar-refractivity contribution in [1.29, 1.82) is 0 Å². The van der Waals surface area contributed by atoms with Gasteiger partial charge in [-0.05, 0) is 19.9 Å². The van der Waals surface area contributed by atoms with E-state index in [1.807, 2.05) is 6.92 Å². The minimum atomic E-state index is 0.176. The lowest BCUT2D eigenvalue weighted by Crippen LogP contribution is -2.24. The third-order valence-electron chi connectivity index (χ3n) is 0.978. The molecule has 0 spiro atoms. The molecule has 0 saturated carbocycles. The lowest BCUT2D eigenvalue weighted by molar-refractivity contribution is 0.544. The van der Waals surface area contributed by atoms with Crippen LogP contribution in [0.15, 0.2) is 10.2 Å². The Hall–Kier alpha value is -0.440. The maximum Gasteiger partial charge on any atom is 0.118 e. The fourth-order valence-corrected chi connectivity index (χ4v) is 0.567.